The van der Waals surface area contributed by atoms with Crippen LogP contribution in [-0.4, -0.2) is 29.4 Å². The van der Waals surface area contributed by atoms with Crippen molar-refractivity contribution in [3.8, 4) is 0 Å². The number of carbonyl (C=O) groups is 1. The van der Waals surface area contributed by atoms with Crippen LogP contribution in [0.15, 0.2) is 16.3 Å². The number of thiophene rings is 1. The van der Waals surface area contributed by atoms with Gasteiger partial charge in [0.15, 0.2) is 0 Å². The van der Waals surface area contributed by atoms with Crippen molar-refractivity contribution in [2.75, 3.05) is 12.8 Å². The number of hydrogen-bond acceptors (Lipinski definition) is 4. The summed E-state index contributed by atoms with van der Waals surface area (Å²) in [7, 11) is 0. The van der Waals surface area contributed by atoms with E-state index in [1.54, 1.807) is 11.8 Å². The first-order valence-electron chi connectivity index (χ1n) is 6.68. The molecule has 3 nitrogen and oxygen atoms in total. The molecule has 0 aromatic carbocycles. The average Bonchev–Trinajstić information content (AvgIpc) is 2.85. The molecule has 19 heavy (non-hydrogen) atoms. The molecule has 0 saturated heterocycles. The van der Waals surface area contributed by atoms with E-state index in [9.17, 15) is 9.90 Å². The molecular weight excluding hydrogens is 278 g/mol. The first-order valence-corrected chi connectivity index (χ1v) is 8.78. The third-order valence-electron chi connectivity index (χ3n) is 3.06. The first-order chi connectivity index (χ1) is 9.06. The van der Waals surface area contributed by atoms with Crippen LogP contribution in [0.2, 0.25) is 0 Å². The van der Waals surface area contributed by atoms with Gasteiger partial charge in [-0.3, -0.25) is 4.79 Å². The number of aliphatic hydroxyl groups is 1. The van der Waals surface area contributed by atoms with Crippen LogP contribution in [0.5, 0.6) is 0 Å². The highest BCUT2D eigenvalue weighted by molar-refractivity contribution is 7.98. The number of rotatable bonds is 8. The maximum Gasteiger partial charge on any atom is 0.262 e. The van der Waals surface area contributed by atoms with Gasteiger partial charge in [-0.2, -0.15) is 0 Å². The molecule has 0 atom stereocenters. The summed E-state index contributed by atoms with van der Waals surface area (Å²) in [6.07, 6.45) is 5.24. The van der Waals surface area contributed by atoms with E-state index in [0.717, 1.165) is 35.5 Å². The Morgan fingerprint density at radius 3 is 2.58 bits per heavy atom. The molecule has 0 fully saturated rings. The van der Waals surface area contributed by atoms with Crippen LogP contribution in [0.1, 0.15) is 49.2 Å². The fourth-order valence-electron chi connectivity index (χ4n) is 2.18. The molecule has 0 unspecified atom stereocenters. The molecule has 0 spiro atoms. The minimum atomic E-state index is -0.768. The molecular formula is C14H23NO2S2. The summed E-state index contributed by atoms with van der Waals surface area (Å²) in [6.45, 7) is 4.43. The normalized spacial score (nSPS) is 11.6. The second-order valence-electron chi connectivity index (χ2n) is 4.73. The molecule has 1 aromatic rings. The third-order valence-corrected chi connectivity index (χ3v) is 4.89. The topological polar surface area (TPSA) is 49.3 Å². The Hall–Kier alpha value is -0.520. The zero-order valence-electron chi connectivity index (χ0n) is 11.9. The summed E-state index contributed by atoms with van der Waals surface area (Å²) in [5.41, 5.74) is -0.768. The maximum atomic E-state index is 12.1. The van der Waals surface area contributed by atoms with Crippen LogP contribution < -0.4 is 5.32 Å². The van der Waals surface area contributed by atoms with Crippen LogP contribution in [-0.2, 0) is 0 Å². The first kappa shape index (κ1) is 16.5. The zero-order valence-corrected chi connectivity index (χ0v) is 13.5. The van der Waals surface area contributed by atoms with Gasteiger partial charge in [0, 0.05) is 11.4 Å². The SMILES string of the molecule is CCCC(O)(CCC)CNC(=O)c1sccc1SC. The van der Waals surface area contributed by atoms with Crippen molar-refractivity contribution in [2.45, 2.75) is 50.0 Å². The van der Waals surface area contributed by atoms with E-state index in [4.69, 9.17) is 0 Å². The third kappa shape index (κ3) is 4.82. The summed E-state index contributed by atoms with van der Waals surface area (Å²) in [5, 5.41) is 15.3. The number of nitrogens with one attached hydrogen (secondary N) is 1. The van der Waals surface area contributed by atoms with Crippen molar-refractivity contribution in [1.82, 2.24) is 5.32 Å². The van der Waals surface area contributed by atoms with Gasteiger partial charge in [-0.15, -0.1) is 23.1 Å². The molecule has 0 aliphatic carbocycles. The molecule has 0 saturated carbocycles. The smallest absolute Gasteiger partial charge is 0.262 e. The minimum Gasteiger partial charge on any atom is -0.388 e. The van der Waals surface area contributed by atoms with E-state index in [1.807, 2.05) is 31.5 Å². The van der Waals surface area contributed by atoms with Gasteiger partial charge in [0.2, 0.25) is 0 Å². The van der Waals surface area contributed by atoms with Crippen molar-refractivity contribution < 1.29 is 9.90 Å². The van der Waals surface area contributed by atoms with Gasteiger partial charge in [0.25, 0.3) is 5.91 Å². The number of thioether (sulfide) groups is 1. The Morgan fingerprint density at radius 1 is 1.42 bits per heavy atom. The highest BCUT2D eigenvalue weighted by Gasteiger charge is 2.26. The standard InChI is InChI=1S/C14H23NO2S2/c1-4-7-14(17,8-5-2)10-15-13(16)12-11(18-3)6-9-19-12/h6,9,17H,4-5,7-8,10H2,1-3H3,(H,15,16). The lowest BCUT2D eigenvalue weighted by Gasteiger charge is -2.27. The zero-order chi connectivity index (χ0) is 14.3. The molecule has 0 aliphatic heterocycles. The Morgan fingerprint density at radius 2 is 2.05 bits per heavy atom. The van der Waals surface area contributed by atoms with Gasteiger partial charge in [-0.1, -0.05) is 26.7 Å². The highest BCUT2D eigenvalue weighted by atomic mass is 32.2. The molecule has 2 N–H and O–H groups in total. The van der Waals surface area contributed by atoms with E-state index in [2.05, 4.69) is 5.32 Å². The van der Waals surface area contributed by atoms with Gasteiger partial charge in [-0.05, 0) is 30.5 Å². The van der Waals surface area contributed by atoms with Crippen molar-refractivity contribution in [3.63, 3.8) is 0 Å². The van der Waals surface area contributed by atoms with Crippen molar-refractivity contribution in [2.24, 2.45) is 0 Å². The Kier molecular flexibility index (Phi) is 6.89. The fourth-order valence-corrected chi connectivity index (χ4v) is 3.85. The Labute approximate surface area is 123 Å². The quantitative estimate of drug-likeness (QED) is 0.722. The predicted molar refractivity (Wildman–Crippen MR) is 83.2 cm³/mol. The Bertz CT molecular complexity index is 398. The van der Waals surface area contributed by atoms with Crippen molar-refractivity contribution in [3.05, 3.63) is 16.3 Å². The van der Waals surface area contributed by atoms with E-state index in [1.165, 1.54) is 11.3 Å². The van der Waals surface area contributed by atoms with Crippen molar-refractivity contribution >= 4 is 29.0 Å². The summed E-state index contributed by atoms with van der Waals surface area (Å²) >= 11 is 3.02. The molecule has 108 valence electrons. The number of hydrogen-bond donors (Lipinski definition) is 2. The van der Waals surface area contributed by atoms with Crippen LogP contribution in [0.4, 0.5) is 0 Å². The molecule has 0 radical (unpaired) electrons. The van der Waals surface area contributed by atoms with Gasteiger partial charge in [-0.25, -0.2) is 0 Å². The molecule has 5 heteroatoms. The summed E-state index contributed by atoms with van der Waals surface area (Å²) in [6, 6.07) is 1.95. The lowest BCUT2D eigenvalue weighted by Crippen LogP contribution is -2.42. The monoisotopic (exact) mass is 301 g/mol. The van der Waals surface area contributed by atoms with E-state index in [0.29, 0.717) is 6.54 Å². The van der Waals surface area contributed by atoms with Gasteiger partial charge in [0.05, 0.1) is 5.60 Å². The van der Waals surface area contributed by atoms with E-state index in [-0.39, 0.29) is 5.91 Å². The lowest BCUT2D eigenvalue weighted by atomic mass is 9.92. The van der Waals surface area contributed by atoms with Crippen LogP contribution in [0.3, 0.4) is 0 Å². The van der Waals surface area contributed by atoms with Gasteiger partial charge >= 0.3 is 0 Å². The maximum absolute atomic E-state index is 12.1. The van der Waals surface area contributed by atoms with Crippen LogP contribution >= 0.6 is 23.1 Å². The second-order valence-corrected chi connectivity index (χ2v) is 6.49. The largest absolute Gasteiger partial charge is 0.388 e. The van der Waals surface area contributed by atoms with Crippen LogP contribution in [0.25, 0.3) is 0 Å². The Balaban J connectivity index is 2.61. The van der Waals surface area contributed by atoms with Crippen LogP contribution in [0, 0.1) is 0 Å². The summed E-state index contributed by atoms with van der Waals surface area (Å²) < 4.78 is 0. The fraction of sp³-hybridized carbons (Fsp3) is 0.643. The van der Waals surface area contributed by atoms with E-state index >= 15 is 0 Å². The van der Waals surface area contributed by atoms with E-state index < -0.39 is 5.60 Å². The molecule has 1 amide bonds. The number of amides is 1. The molecule has 1 heterocycles. The average molecular weight is 301 g/mol. The van der Waals surface area contributed by atoms with Crippen molar-refractivity contribution in [1.29, 1.82) is 0 Å². The second kappa shape index (κ2) is 7.92. The van der Waals surface area contributed by atoms with Gasteiger partial charge in [0.1, 0.15) is 4.88 Å². The molecule has 0 aliphatic rings. The summed E-state index contributed by atoms with van der Waals surface area (Å²) in [4.78, 5) is 13.9. The summed E-state index contributed by atoms with van der Waals surface area (Å²) in [5.74, 6) is -0.0787. The minimum absolute atomic E-state index is 0.0787. The predicted octanol–water partition coefficient (Wildman–Crippen LogP) is 3.53. The number of carbonyl (C=O) groups excluding carboxylic acids is 1. The highest BCUT2D eigenvalue weighted by Crippen LogP contribution is 2.26. The lowest BCUT2D eigenvalue weighted by molar-refractivity contribution is 0.0213. The molecule has 1 rings (SSSR count). The van der Waals surface area contributed by atoms with Gasteiger partial charge < -0.3 is 10.4 Å². The molecule has 0 bridgehead atoms. The molecule has 1 aromatic heterocycles.